The number of carbonyl (C=O) groups excluding carboxylic acids is 2. The molecule has 4 heterocycles. The Bertz CT molecular complexity index is 1800. The fraction of sp³-hybridized carbons (Fsp3) is 0.395. The second kappa shape index (κ2) is 16.6. The number of nitrogens with one attached hydrogen (secondary N) is 2. The van der Waals surface area contributed by atoms with Crippen molar-refractivity contribution in [3.05, 3.63) is 106 Å². The Morgan fingerprint density at radius 3 is 2.54 bits per heavy atom. The van der Waals surface area contributed by atoms with Crippen LogP contribution in [-0.4, -0.2) is 38.0 Å². The number of nitrogens with zero attached hydrogens (tertiary/aromatic N) is 4. The molecule has 10 heteroatoms. The predicted octanol–water partition coefficient (Wildman–Crippen LogP) is 8.14. The van der Waals surface area contributed by atoms with Gasteiger partial charge in [0, 0.05) is 47.3 Å². The first kappa shape index (κ1) is 34.8. The van der Waals surface area contributed by atoms with Crippen molar-refractivity contribution < 1.29 is 14.3 Å². The number of hydrogen-bond donors (Lipinski definition) is 2. The maximum absolute atomic E-state index is 14.0. The average Bonchev–Trinajstić information content (AvgIpc) is 3.43. The maximum Gasteiger partial charge on any atom is 0.336 e. The van der Waals surface area contributed by atoms with Crippen LogP contribution in [0.5, 0.6) is 0 Å². The van der Waals surface area contributed by atoms with Gasteiger partial charge >= 0.3 is 5.97 Å². The van der Waals surface area contributed by atoms with Crippen LogP contribution in [0.1, 0.15) is 83.5 Å². The molecule has 0 bridgehead atoms. The Hall–Kier alpha value is -4.50. The van der Waals surface area contributed by atoms with Crippen molar-refractivity contribution in [1.29, 1.82) is 0 Å². The number of carbonyl (C=O) groups is 2. The highest BCUT2D eigenvalue weighted by Crippen LogP contribution is 2.43. The van der Waals surface area contributed by atoms with Gasteiger partial charge in [0.15, 0.2) is 5.65 Å². The third-order valence-electron chi connectivity index (χ3n) is 8.62. The fourth-order valence-corrected chi connectivity index (χ4v) is 6.47. The number of aromatic nitrogens is 4. The van der Waals surface area contributed by atoms with E-state index in [0.29, 0.717) is 33.1 Å². The molecular weight excluding hydrogens is 624 g/mol. The van der Waals surface area contributed by atoms with Crippen LogP contribution in [-0.2, 0) is 27.3 Å². The minimum Gasteiger partial charge on any atom is -0.462 e. The van der Waals surface area contributed by atoms with Gasteiger partial charge in [-0.2, -0.15) is 0 Å². The van der Waals surface area contributed by atoms with Gasteiger partial charge in [-0.3, -0.25) is 9.78 Å². The number of aryl methyl sites for hydroxylation is 2. The van der Waals surface area contributed by atoms with E-state index < -0.39 is 11.9 Å². The number of unbranched alkanes of at least 4 members (excludes halogenated alkanes) is 4. The van der Waals surface area contributed by atoms with Crippen molar-refractivity contribution in [2.24, 2.45) is 5.92 Å². The van der Waals surface area contributed by atoms with Crippen LogP contribution in [0.25, 0.3) is 11.2 Å². The van der Waals surface area contributed by atoms with E-state index in [-0.39, 0.29) is 18.4 Å². The second-order valence-electron chi connectivity index (χ2n) is 12.5. The lowest BCUT2D eigenvalue weighted by Gasteiger charge is -2.33. The van der Waals surface area contributed by atoms with Gasteiger partial charge < -0.3 is 19.9 Å². The highest BCUT2D eigenvalue weighted by atomic mass is 35.5. The summed E-state index contributed by atoms with van der Waals surface area (Å²) in [4.78, 5) is 41.4. The number of anilines is 1. The zero-order valence-electron chi connectivity index (χ0n) is 28.3. The number of pyridine rings is 2. The van der Waals surface area contributed by atoms with E-state index in [1.165, 1.54) is 0 Å². The summed E-state index contributed by atoms with van der Waals surface area (Å²) >= 11 is 6.74. The molecule has 0 saturated heterocycles. The van der Waals surface area contributed by atoms with Gasteiger partial charge in [-0.25, -0.2) is 14.8 Å². The number of benzene rings is 1. The molecule has 48 heavy (non-hydrogen) atoms. The molecule has 2 N–H and O–H groups in total. The normalized spacial score (nSPS) is 14.8. The van der Waals surface area contributed by atoms with Crippen molar-refractivity contribution >= 4 is 40.3 Å². The Labute approximate surface area is 287 Å². The van der Waals surface area contributed by atoms with E-state index in [1.807, 2.05) is 57.3 Å². The molecular formula is C38H45ClN6O3. The topological polar surface area (TPSA) is 111 Å². The number of ether oxygens (including phenoxy) is 1. The Kier molecular flexibility index (Phi) is 12.0. The summed E-state index contributed by atoms with van der Waals surface area (Å²) in [6, 6.07) is 14.8. The number of halogens is 1. The Morgan fingerprint density at radius 1 is 1.00 bits per heavy atom. The SMILES string of the molecule is CCCCc1nc2cccnc2n1CCCCCCOC(=O)C1=C(C(C)C)NC(C)=C(C(=O)Nc2cccnc2)C1c1ccccc1Cl. The van der Waals surface area contributed by atoms with Gasteiger partial charge in [-0.1, -0.05) is 63.4 Å². The van der Waals surface area contributed by atoms with Gasteiger partial charge in [0.1, 0.15) is 11.3 Å². The van der Waals surface area contributed by atoms with Crippen molar-refractivity contribution in [3.8, 4) is 0 Å². The van der Waals surface area contributed by atoms with Gasteiger partial charge in [-0.05, 0) is 74.4 Å². The summed E-state index contributed by atoms with van der Waals surface area (Å²) < 4.78 is 8.20. The quantitative estimate of drug-likeness (QED) is 0.0972. The second-order valence-corrected chi connectivity index (χ2v) is 12.9. The molecule has 3 aromatic heterocycles. The number of rotatable bonds is 15. The molecule has 252 valence electrons. The number of fused-ring (bicyclic) bond motifs is 1. The summed E-state index contributed by atoms with van der Waals surface area (Å²) in [7, 11) is 0. The van der Waals surface area contributed by atoms with Crippen molar-refractivity contribution in [1.82, 2.24) is 24.8 Å². The molecule has 0 fully saturated rings. The zero-order valence-corrected chi connectivity index (χ0v) is 29.0. The van der Waals surface area contributed by atoms with E-state index in [9.17, 15) is 9.59 Å². The molecule has 1 atom stereocenters. The van der Waals surface area contributed by atoms with Crippen LogP contribution < -0.4 is 10.6 Å². The summed E-state index contributed by atoms with van der Waals surface area (Å²) in [6.07, 6.45) is 11.8. The van der Waals surface area contributed by atoms with Gasteiger partial charge in [-0.15, -0.1) is 0 Å². The molecule has 0 saturated carbocycles. The number of imidazole rings is 1. The van der Waals surface area contributed by atoms with Crippen molar-refractivity contribution in [3.63, 3.8) is 0 Å². The Balaban J connectivity index is 1.27. The van der Waals surface area contributed by atoms with E-state index in [2.05, 4.69) is 32.1 Å². The molecule has 0 radical (unpaired) electrons. The van der Waals surface area contributed by atoms with Gasteiger partial charge in [0.05, 0.1) is 30.0 Å². The Morgan fingerprint density at radius 2 is 1.79 bits per heavy atom. The van der Waals surface area contributed by atoms with Crippen LogP contribution in [0.15, 0.2) is 89.7 Å². The molecule has 1 aliphatic rings. The first-order valence-electron chi connectivity index (χ1n) is 16.9. The van der Waals surface area contributed by atoms with E-state index in [1.54, 1.807) is 30.6 Å². The summed E-state index contributed by atoms with van der Waals surface area (Å²) in [5.74, 6) is -0.453. The molecule has 0 spiro atoms. The molecule has 1 aromatic carbocycles. The molecule has 9 nitrogen and oxygen atoms in total. The fourth-order valence-electron chi connectivity index (χ4n) is 6.23. The molecule has 1 unspecified atom stereocenters. The predicted molar refractivity (Wildman–Crippen MR) is 190 cm³/mol. The molecule has 0 aliphatic carbocycles. The molecule has 5 rings (SSSR count). The van der Waals surface area contributed by atoms with Crippen LogP contribution in [0.2, 0.25) is 5.02 Å². The third kappa shape index (κ3) is 8.13. The van der Waals surface area contributed by atoms with Gasteiger partial charge in [0.25, 0.3) is 5.91 Å². The number of esters is 1. The van der Waals surface area contributed by atoms with E-state index >= 15 is 0 Å². The lowest BCUT2D eigenvalue weighted by Crippen LogP contribution is -2.36. The number of amides is 1. The first-order chi connectivity index (χ1) is 23.3. The van der Waals surface area contributed by atoms with Crippen LogP contribution in [0, 0.1) is 5.92 Å². The lowest BCUT2D eigenvalue weighted by molar-refractivity contribution is -0.139. The summed E-state index contributed by atoms with van der Waals surface area (Å²) in [5.41, 5.74) is 5.29. The summed E-state index contributed by atoms with van der Waals surface area (Å²) in [5, 5.41) is 6.78. The number of allylic oxidation sites excluding steroid dienone is 2. The lowest BCUT2D eigenvalue weighted by atomic mass is 9.78. The van der Waals surface area contributed by atoms with Crippen LogP contribution in [0.4, 0.5) is 5.69 Å². The average molecular weight is 669 g/mol. The largest absolute Gasteiger partial charge is 0.462 e. The number of dihydropyridines is 1. The van der Waals surface area contributed by atoms with Crippen molar-refractivity contribution in [2.45, 2.75) is 85.1 Å². The van der Waals surface area contributed by atoms with E-state index in [4.69, 9.17) is 21.3 Å². The summed E-state index contributed by atoms with van der Waals surface area (Å²) in [6.45, 7) is 9.21. The standard InChI is InChI=1S/C38H45ClN6O3/c1-5-6-19-31-44-30-18-14-21-41-36(30)45(31)22-11-7-8-12-23-48-38(47)34-33(28-16-9-10-17-29(28)39)32(26(4)42-35(34)25(2)3)37(46)43-27-15-13-20-40-24-27/h9-10,13-18,20-21,24-25,33,42H,5-8,11-12,19,22-23H2,1-4H3,(H,43,46). The monoisotopic (exact) mass is 668 g/mol. The third-order valence-corrected chi connectivity index (χ3v) is 8.96. The maximum atomic E-state index is 14.0. The first-order valence-corrected chi connectivity index (χ1v) is 17.3. The van der Waals surface area contributed by atoms with Crippen molar-refractivity contribution in [2.75, 3.05) is 11.9 Å². The smallest absolute Gasteiger partial charge is 0.336 e. The van der Waals surface area contributed by atoms with Crippen LogP contribution >= 0.6 is 11.6 Å². The highest BCUT2D eigenvalue weighted by molar-refractivity contribution is 6.31. The van der Waals surface area contributed by atoms with Gasteiger partial charge in [0.2, 0.25) is 0 Å². The minimum atomic E-state index is -0.720. The van der Waals surface area contributed by atoms with E-state index in [0.717, 1.165) is 74.2 Å². The molecule has 1 amide bonds. The molecule has 1 aliphatic heterocycles. The number of hydrogen-bond acceptors (Lipinski definition) is 7. The highest BCUT2D eigenvalue weighted by Gasteiger charge is 2.39. The minimum absolute atomic E-state index is 0.0358. The zero-order chi connectivity index (χ0) is 34.0. The van der Waals surface area contributed by atoms with Crippen LogP contribution in [0.3, 0.4) is 0 Å². The molecule has 4 aromatic rings.